The van der Waals surface area contributed by atoms with Crippen LogP contribution < -0.4 is 5.32 Å². The number of fused-ring (bicyclic) bond motifs is 2. The van der Waals surface area contributed by atoms with E-state index in [0.29, 0.717) is 24.3 Å². The molecule has 2 aliphatic heterocycles. The first kappa shape index (κ1) is 10.1. The molecule has 3 nitrogen and oxygen atoms in total. The summed E-state index contributed by atoms with van der Waals surface area (Å²) in [5.74, 6) is 0. The van der Waals surface area contributed by atoms with Crippen LogP contribution in [0, 0.1) is 5.41 Å². The Morgan fingerprint density at radius 3 is 2.53 bits per heavy atom. The summed E-state index contributed by atoms with van der Waals surface area (Å²) in [6, 6.07) is 1.01. The first-order valence-electron chi connectivity index (χ1n) is 6.17. The molecule has 0 aromatic heterocycles. The van der Waals surface area contributed by atoms with Crippen LogP contribution in [0.25, 0.3) is 0 Å². The highest BCUT2D eigenvalue weighted by molar-refractivity contribution is 5.05. The van der Waals surface area contributed by atoms with Gasteiger partial charge in [0.15, 0.2) is 0 Å². The highest BCUT2D eigenvalue weighted by Crippen LogP contribution is 2.42. The lowest BCUT2D eigenvalue weighted by Crippen LogP contribution is -2.63. The molecule has 0 spiro atoms. The third-order valence-corrected chi connectivity index (χ3v) is 4.74. The molecule has 15 heavy (non-hydrogen) atoms. The van der Waals surface area contributed by atoms with Crippen molar-refractivity contribution in [1.82, 2.24) is 5.32 Å². The number of hydrogen-bond acceptors (Lipinski definition) is 3. The van der Waals surface area contributed by atoms with Gasteiger partial charge in [-0.15, -0.1) is 0 Å². The molecule has 3 rings (SSSR count). The maximum atomic E-state index is 9.68. The molecule has 5 atom stereocenters. The van der Waals surface area contributed by atoms with Gasteiger partial charge in [0.05, 0.1) is 18.3 Å². The number of rotatable bonds is 2. The normalized spacial score (nSPS) is 51.8. The lowest BCUT2D eigenvalue weighted by atomic mass is 9.64. The quantitative estimate of drug-likeness (QED) is 0.717. The standard InChI is InChI=1S/C12H21NO2/c1-12(2)10(6-11(12)14)13-8-5-7-3-4-9(8)15-7/h7-11,13-14H,3-6H2,1-2H3. The molecular weight excluding hydrogens is 190 g/mol. The van der Waals surface area contributed by atoms with Gasteiger partial charge in [0.25, 0.3) is 0 Å². The van der Waals surface area contributed by atoms with Gasteiger partial charge < -0.3 is 15.2 Å². The van der Waals surface area contributed by atoms with E-state index in [2.05, 4.69) is 19.2 Å². The summed E-state index contributed by atoms with van der Waals surface area (Å²) in [5.41, 5.74) is 0.0435. The van der Waals surface area contributed by atoms with Crippen LogP contribution in [-0.4, -0.2) is 35.5 Å². The third-order valence-electron chi connectivity index (χ3n) is 4.74. The van der Waals surface area contributed by atoms with E-state index in [4.69, 9.17) is 4.74 Å². The fraction of sp³-hybridized carbons (Fsp3) is 1.00. The zero-order chi connectivity index (χ0) is 10.6. The maximum absolute atomic E-state index is 9.68. The van der Waals surface area contributed by atoms with Crippen LogP contribution >= 0.6 is 0 Å². The molecule has 2 heterocycles. The maximum Gasteiger partial charge on any atom is 0.0733 e. The molecule has 3 fully saturated rings. The number of aliphatic hydroxyl groups excluding tert-OH is 1. The fourth-order valence-corrected chi connectivity index (χ4v) is 3.26. The number of nitrogens with one attached hydrogen (secondary N) is 1. The van der Waals surface area contributed by atoms with Crippen LogP contribution in [0.2, 0.25) is 0 Å². The summed E-state index contributed by atoms with van der Waals surface area (Å²) in [6.07, 6.45) is 5.38. The van der Waals surface area contributed by atoms with Crippen molar-refractivity contribution >= 4 is 0 Å². The predicted octanol–water partition coefficient (Wildman–Crippen LogP) is 1.06. The van der Waals surface area contributed by atoms with E-state index in [1.165, 1.54) is 19.3 Å². The molecule has 0 aromatic carbocycles. The van der Waals surface area contributed by atoms with Crippen molar-refractivity contribution < 1.29 is 9.84 Å². The Bertz CT molecular complexity index is 266. The molecule has 2 saturated heterocycles. The second-order valence-electron chi connectivity index (χ2n) is 6.01. The van der Waals surface area contributed by atoms with Gasteiger partial charge in [0.1, 0.15) is 0 Å². The molecule has 3 heteroatoms. The Labute approximate surface area is 91.2 Å². The minimum absolute atomic E-state index is 0.0435. The monoisotopic (exact) mass is 211 g/mol. The molecular formula is C12H21NO2. The van der Waals surface area contributed by atoms with Crippen molar-refractivity contribution in [2.75, 3.05) is 0 Å². The molecule has 1 aliphatic carbocycles. The summed E-state index contributed by atoms with van der Waals surface area (Å²) in [6.45, 7) is 4.29. The Morgan fingerprint density at radius 2 is 2.07 bits per heavy atom. The molecule has 2 bridgehead atoms. The summed E-state index contributed by atoms with van der Waals surface area (Å²) in [5, 5.41) is 13.4. The van der Waals surface area contributed by atoms with Crippen molar-refractivity contribution in [1.29, 1.82) is 0 Å². The average molecular weight is 211 g/mol. The Kier molecular flexibility index (Phi) is 2.14. The van der Waals surface area contributed by atoms with Gasteiger partial charge in [0.2, 0.25) is 0 Å². The van der Waals surface area contributed by atoms with Crippen LogP contribution in [0.15, 0.2) is 0 Å². The van der Waals surface area contributed by atoms with Gasteiger partial charge in [-0.2, -0.15) is 0 Å². The lowest BCUT2D eigenvalue weighted by Gasteiger charge is -2.51. The predicted molar refractivity (Wildman–Crippen MR) is 57.6 cm³/mol. The Balaban J connectivity index is 1.59. The van der Waals surface area contributed by atoms with Gasteiger partial charge in [-0.25, -0.2) is 0 Å². The first-order chi connectivity index (χ1) is 7.07. The topological polar surface area (TPSA) is 41.5 Å². The van der Waals surface area contributed by atoms with E-state index >= 15 is 0 Å². The van der Waals surface area contributed by atoms with Crippen LogP contribution in [0.3, 0.4) is 0 Å². The molecule has 86 valence electrons. The van der Waals surface area contributed by atoms with Crippen molar-refractivity contribution in [3.05, 3.63) is 0 Å². The van der Waals surface area contributed by atoms with Gasteiger partial charge in [-0.05, 0) is 25.7 Å². The van der Waals surface area contributed by atoms with E-state index in [0.717, 1.165) is 6.42 Å². The van der Waals surface area contributed by atoms with E-state index in [9.17, 15) is 5.11 Å². The number of ether oxygens (including phenoxy) is 1. The minimum Gasteiger partial charge on any atom is -0.392 e. The van der Waals surface area contributed by atoms with Crippen LogP contribution in [0.5, 0.6) is 0 Å². The van der Waals surface area contributed by atoms with Gasteiger partial charge in [-0.3, -0.25) is 0 Å². The number of aliphatic hydroxyl groups is 1. The first-order valence-corrected chi connectivity index (χ1v) is 6.17. The third kappa shape index (κ3) is 1.44. The van der Waals surface area contributed by atoms with Crippen molar-refractivity contribution in [2.45, 2.75) is 69.9 Å². The average Bonchev–Trinajstić information content (AvgIpc) is 2.78. The zero-order valence-corrected chi connectivity index (χ0v) is 9.57. The number of hydrogen-bond donors (Lipinski definition) is 2. The summed E-state index contributed by atoms with van der Waals surface area (Å²) >= 11 is 0. The molecule has 3 aliphatic rings. The zero-order valence-electron chi connectivity index (χ0n) is 9.57. The molecule has 2 N–H and O–H groups in total. The van der Waals surface area contributed by atoms with Gasteiger partial charge >= 0.3 is 0 Å². The highest BCUT2D eigenvalue weighted by atomic mass is 16.5. The molecule has 0 aromatic rings. The van der Waals surface area contributed by atoms with Crippen LogP contribution in [0.1, 0.15) is 39.5 Å². The van der Waals surface area contributed by atoms with E-state index in [-0.39, 0.29) is 11.5 Å². The second-order valence-corrected chi connectivity index (χ2v) is 6.01. The van der Waals surface area contributed by atoms with Gasteiger partial charge in [0, 0.05) is 17.5 Å². The summed E-state index contributed by atoms with van der Waals surface area (Å²) < 4.78 is 5.82. The van der Waals surface area contributed by atoms with Crippen molar-refractivity contribution in [2.24, 2.45) is 5.41 Å². The molecule has 5 unspecified atom stereocenters. The van der Waals surface area contributed by atoms with E-state index in [1.54, 1.807) is 0 Å². The van der Waals surface area contributed by atoms with Crippen molar-refractivity contribution in [3.63, 3.8) is 0 Å². The van der Waals surface area contributed by atoms with Crippen LogP contribution in [-0.2, 0) is 4.74 Å². The molecule has 0 amide bonds. The Hall–Kier alpha value is -0.120. The minimum atomic E-state index is -0.130. The van der Waals surface area contributed by atoms with E-state index in [1.807, 2.05) is 0 Å². The Morgan fingerprint density at radius 1 is 1.27 bits per heavy atom. The molecule has 0 radical (unpaired) electrons. The summed E-state index contributed by atoms with van der Waals surface area (Å²) in [4.78, 5) is 0. The fourth-order valence-electron chi connectivity index (χ4n) is 3.26. The van der Waals surface area contributed by atoms with Crippen LogP contribution in [0.4, 0.5) is 0 Å². The highest BCUT2D eigenvalue weighted by Gasteiger charge is 2.50. The lowest BCUT2D eigenvalue weighted by molar-refractivity contribution is -0.0780. The molecule has 1 saturated carbocycles. The summed E-state index contributed by atoms with van der Waals surface area (Å²) in [7, 11) is 0. The largest absolute Gasteiger partial charge is 0.392 e. The SMILES string of the molecule is CC1(C)C(O)CC1NC1CC2CCC1O2. The van der Waals surface area contributed by atoms with E-state index < -0.39 is 0 Å². The van der Waals surface area contributed by atoms with Gasteiger partial charge in [-0.1, -0.05) is 13.8 Å². The second kappa shape index (κ2) is 3.19. The van der Waals surface area contributed by atoms with Crippen molar-refractivity contribution in [3.8, 4) is 0 Å². The smallest absolute Gasteiger partial charge is 0.0733 e.